The third-order valence-electron chi connectivity index (χ3n) is 6.50. The van der Waals surface area contributed by atoms with E-state index in [9.17, 15) is 13.2 Å². The van der Waals surface area contributed by atoms with Crippen molar-refractivity contribution >= 4 is 38.9 Å². The Morgan fingerprint density at radius 3 is 2.42 bits per heavy atom. The third kappa shape index (κ3) is 7.80. The Bertz CT molecular complexity index is 1290. The zero-order valence-electron chi connectivity index (χ0n) is 21.5. The first kappa shape index (κ1) is 28.6. The van der Waals surface area contributed by atoms with E-state index in [1.807, 2.05) is 12.1 Å². The van der Waals surface area contributed by atoms with Crippen LogP contribution in [0.5, 0.6) is 5.75 Å². The van der Waals surface area contributed by atoms with E-state index >= 15 is 0 Å². The molecule has 1 saturated heterocycles. The molecule has 2 heterocycles. The Kier molecular flexibility index (Phi) is 10.2. The van der Waals surface area contributed by atoms with Crippen molar-refractivity contribution in [1.29, 1.82) is 0 Å². The zero-order valence-corrected chi connectivity index (χ0v) is 23.9. The van der Waals surface area contributed by atoms with Crippen molar-refractivity contribution in [2.45, 2.75) is 55.9 Å². The maximum absolute atomic E-state index is 13.2. The van der Waals surface area contributed by atoms with Crippen LogP contribution in [0.4, 0.5) is 0 Å². The summed E-state index contributed by atoms with van der Waals surface area (Å²) in [5.41, 5.74) is 1.68. The fraction of sp³-hybridized carbons (Fsp3) is 0.393. The number of hydrogen-bond acceptors (Lipinski definition) is 6. The van der Waals surface area contributed by atoms with Gasteiger partial charge in [0, 0.05) is 41.1 Å². The first-order chi connectivity index (χ1) is 18.3. The number of sulfonamides is 1. The molecule has 1 aliphatic heterocycles. The summed E-state index contributed by atoms with van der Waals surface area (Å²) in [6, 6.07) is 18.4. The molecule has 2 aromatic carbocycles. The predicted molar refractivity (Wildman–Crippen MR) is 152 cm³/mol. The van der Waals surface area contributed by atoms with Crippen LogP contribution < -0.4 is 15.4 Å². The van der Waals surface area contributed by atoms with Crippen LogP contribution in [0.2, 0.25) is 5.02 Å². The molecule has 0 aliphatic carbocycles. The summed E-state index contributed by atoms with van der Waals surface area (Å²) in [5, 5.41) is 6.96. The highest BCUT2D eigenvalue weighted by molar-refractivity contribution is 7.91. The SMILES string of the molecule is CCCCOc1ccc(CNC2CCN(S(=O)(=O)c3ccc(CNC(=O)c4ccc(Cl)cc4)s3)CC2)cc1. The van der Waals surface area contributed by atoms with Crippen molar-refractivity contribution < 1.29 is 17.9 Å². The molecule has 2 N–H and O–H groups in total. The molecule has 1 amide bonds. The maximum atomic E-state index is 13.2. The van der Waals surface area contributed by atoms with Crippen molar-refractivity contribution in [3.05, 3.63) is 81.7 Å². The number of halogens is 1. The average molecular weight is 576 g/mol. The van der Waals surface area contributed by atoms with Gasteiger partial charge in [-0.1, -0.05) is 37.1 Å². The molecular weight excluding hydrogens is 542 g/mol. The van der Waals surface area contributed by atoms with Gasteiger partial charge in [-0.25, -0.2) is 8.42 Å². The Morgan fingerprint density at radius 1 is 1.03 bits per heavy atom. The van der Waals surface area contributed by atoms with Crippen LogP contribution >= 0.6 is 22.9 Å². The minimum atomic E-state index is -3.56. The lowest BCUT2D eigenvalue weighted by Crippen LogP contribution is -2.44. The summed E-state index contributed by atoms with van der Waals surface area (Å²) < 4.78 is 34.0. The molecule has 0 spiro atoms. The summed E-state index contributed by atoms with van der Waals surface area (Å²) in [5.74, 6) is 0.659. The van der Waals surface area contributed by atoms with E-state index in [0.717, 1.165) is 49.5 Å². The monoisotopic (exact) mass is 575 g/mol. The standard InChI is InChI=1S/C28H34ClN3O4S2/c1-2-3-18-36-25-10-4-21(5-11-25)19-30-24-14-16-32(17-15-24)38(34,35)27-13-12-26(37-27)20-31-28(33)22-6-8-23(29)9-7-22/h4-13,24,30H,2-3,14-20H2,1H3,(H,31,33). The summed E-state index contributed by atoms with van der Waals surface area (Å²) in [4.78, 5) is 13.1. The van der Waals surface area contributed by atoms with E-state index in [1.165, 1.54) is 16.9 Å². The van der Waals surface area contributed by atoms with Crippen LogP contribution in [0.3, 0.4) is 0 Å². The van der Waals surface area contributed by atoms with Crippen molar-refractivity contribution in [2.24, 2.45) is 0 Å². The van der Waals surface area contributed by atoms with E-state index in [0.29, 0.717) is 27.9 Å². The van der Waals surface area contributed by atoms with E-state index < -0.39 is 10.0 Å². The molecule has 0 unspecified atom stereocenters. The highest BCUT2D eigenvalue weighted by Crippen LogP contribution is 2.27. The quantitative estimate of drug-likeness (QED) is 0.280. The highest BCUT2D eigenvalue weighted by Gasteiger charge is 2.30. The minimum Gasteiger partial charge on any atom is -0.494 e. The van der Waals surface area contributed by atoms with Crippen LogP contribution in [0.1, 0.15) is 53.4 Å². The fourth-order valence-electron chi connectivity index (χ4n) is 4.19. The van der Waals surface area contributed by atoms with Gasteiger partial charge in [-0.15, -0.1) is 11.3 Å². The molecule has 0 bridgehead atoms. The van der Waals surface area contributed by atoms with Crippen molar-refractivity contribution in [2.75, 3.05) is 19.7 Å². The number of amides is 1. The smallest absolute Gasteiger partial charge is 0.252 e. The minimum absolute atomic E-state index is 0.231. The number of thiophene rings is 1. The molecule has 0 radical (unpaired) electrons. The summed E-state index contributed by atoms with van der Waals surface area (Å²) in [6.45, 7) is 4.84. The highest BCUT2D eigenvalue weighted by atomic mass is 35.5. The summed E-state index contributed by atoms with van der Waals surface area (Å²) in [6.07, 6.45) is 3.68. The fourth-order valence-corrected chi connectivity index (χ4v) is 7.24. The number of rotatable bonds is 12. The Balaban J connectivity index is 1.22. The molecule has 1 aromatic heterocycles. The van der Waals surface area contributed by atoms with Crippen molar-refractivity contribution in [1.82, 2.24) is 14.9 Å². The van der Waals surface area contributed by atoms with Gasteiger partial charge in [-0.3, -0.25) is 4.79 Å². The van der Waals surface area contributed by atoms with Crippen LogP contribution in [-0.4, -0.2) is 44.4 Å². The molecule has 7 nitrogen and oxygen atoms in total. The number of carbonyl (C=O) groups is 1. The Morgan fingerprint density at radius 2 is 1.74 bits per heavy atom. The van der Waals surface area contributed by atoms with Crippen molar-refractivity contribution in [3.8, 4) is 5.75 Å². The van der Waals surface area contributed by atoms with Crippen LogP contribution in [-0.2, 0) is 23.1 Å². The Hall–Kier alpha value is -2.43. The summed E-state index contributed by atoms with van der Waals surface area (Å²) >= 11 is 7.07. The number of piperidine rings is 1. The van der Waals surface area contributed by atoms with E-state index in [4.69, 9.17) is 16.3 Å². The number of nitrogens with zero attached hydrogens (tertiary/aromatic N) is 1. The topological polar surface area (TPSA) is 87.7 Å². The lowest BCUT2D eigenvalue weighted by Gasteiger charge is -2.31. The number of nitrogens with one attached hydrogen (secondary N) is 2. The second kappa shape index (κ2) is 13.6. The molecule has 3 aromatic rings. The Labute approximate surface area is 234 Å². The van der Waals surface area contributed by atoms with Gasteiger partial charge in [-0.05, 0) is 73.4 Å². The van der Waals surface area contributed by atoms with Gasteiger partial charge >= 0.3 is 0 Å². The first-order valence-corrected chi connectivity index (χ1v) is 15.6. The van der Waals surface area contributed by atoms with Gasteiger partial charge in [0.25, 0.3) is 15.9 Å². The second-order valence-corrected chi connectivity index (χ2v) is 13.1. The van der Waals surface area contributed by atoms with Crippen LogP contribution in [0.25, 0.3) is 0 Å². The van der Waals surface area contributed by atoms with Gasteiger partial charge in [-0.2, -0.15) is 4.31 Å². The summed E-state index contributed by atoms with van der Waals surface area (Å²) in [7, 11) is -3.56. The number of benzene rings is 2. The van der Waals surface area contributed by atoms with Gasteiger partial charge < -0.3 is 15.4 Å². The molecule has 0 atom stereocenters. The van der Waals surface area contributed by atoms with Crippen LogP contribution in [0.15, 0.2) is 64.9 Å². The maximum Gasteiger partial charge on any atom is 0.252 e. The predicted octanol–water partition coefficient (Wildman–Crippen LogP) is 5.45. The van der Waals surface area contributed by atoms with Gasteiger partial charge in [0.05, 0.1) is 13.2 Å². The number of hydrogen-bond donors (Lipinski definition) is 2. The number of carbonyl (C=O) groups excluding carboxylic acids is 1. The normalized spacial score (nSPS) is 14.9. The largest absolute Gasteiger partial charge is 0.494 e. The van der Waals surface area contributed by atoms with Gasteiger partial charge in [0.2, 0.25) is 0 Å². The van der Waals surface area contributed by atoms with Crippen LogP contribution in [0, 0.1) is 0 Å². The third-order valence-corrected chi connectivity index (χ3v) is 10.2. The van der Waals surface area contributed by atoms with Gasteiger partial charge in [0.1, 0.15) is 9.96 Å². The molecule has 0 saturated carbocycles. The zero-order chi connectivity index (χ0) is 27.0. The van der Waals surface area contributed by atoms with Crippen molar-refractivity contribution in [3.63, 3.8) is 0 Å². The lowest BCUT2D eigenvalue weighted by molar-refractivity contribution is 0.0951. The second-order valence-electron chi connectivity index (χ2n) is 9.32. The molecule has 1 aliphatic rings. The van der Waals surface area contributed by atoms with E-state index in [1.54, 1.807) is 40.7 Å². The number of ether oxygens (including phenoxy) is 1. The average Bonchev–Trinajstić information content (AvgIpc) is 3.42. The van der Waals surface area contributed by atoms with Gasteiger partial charge in [0.15, 0.2) is 0 Å². The molecule has 1 fully saturated rings. The first-order valence-electron chi connectivity index (χ1n) is 12.9. The molecule has 204 valence electrons. The molecular formula is C28H34ClN3O4S2. The van der Waals surface area contributed by atoms with E-state index in [2.05, 4.69) is 29.7 Å². The van der Waals surface area contributed by atoms with E-state index in [-0.39, 0.29) is 18.5 Å². The molecule has 38 heavy (non-hydrogen) atoms. The molecule has 10 heteroatoms. The lowest BCUT2D eigenvalue weighted by atomic mass is 10.1. The molecule has 4 rings (SSSR count). The number of unbranched alkanes of at least 4 members (excludes halogenated alkanes) is 1.